The molecule has 0 aromatic carbocycles. The lowest BCUT2D eigenvalue weighted by Gasteiger charge is -1.90. The summed E-state index contributed by atoms with van der Waals surface area (Å²) in [6, 6.07) is -0.731. The minimum Gasteiger partial charge on any atom is -0.480 e. The van der Waals surface area contributed by atoms with Gasteiger partial charge in [0.1, 0.15) is 6.04 Å². The summed E-state index contributed by atoms with van der Waals surface area (Å²) in [6.07, 6.45) is 0.344. The largest absolute Gasteiger partial charge is 0.480 e. The molecule has 0 aromatic rings. The quantitative estimate of drug-likeness (QED) is 0.478. The summed E-state index contributed by atoms with van der Waals surface area (Å²) in [5.74, 6) is 3.09. The van der Waals surface area contributed by atoms with Gasteiger partial charge in [-0.15, -0.1) is 0 Å². The van der Waals surface area contributed by atoms with Gasteiger partial charge in [0.05, 0.1) is 0 Å². The van der Waals surface area contributed by atoms with Crippen LogP contribution in [0.1, 0.15) is 20.3 Å². The number of hydrogen-bond acceptors (Lipinski definition) is 5. The summed E-state index contributed by atoms with van der Waals surface area (Å²) in [7, 11) is 0. The molecule has 0 bridgehead atoms. The van der Waals surface area contributed by atoms with E-state index in [0.29, 0.717) is 6.42 Å². The Bertz CT molecular complexity index is 138. The second kappa shape index (κ2) is 7.96. The van der Waals surface area contributed by atoms with Gasteiger partial charge in [0.2, 0.25) is 0 Å². The Labute approximate surface area is 70.4 Å². The van der Waals surface area contributed by atoms with E-state index in [2.05, 4.69) is 10.7 Å². The first-order chi connectivity index (χ1) is 5.45. The first kappa shape index (κ1) is 13.4. The lowest BCUT2D eigenvalue weighted by molar-refractivity contribution is -0.143. The van der Waals surface area contributed by atoms with Gasteiger partial charge in [-0.2, -0.15) is 5.90 Å². The molecular formula is C6H14N2O4. The molecule has 0 rings (SSSR count). The third kappa shape index (κ3) is 11.6. The highest BCUT2D eigenvalue weighted by Gasteiger charge is 1.99. The Morgan fingerprint density at radius 1 is 1.58 bits per heavy atom. The molecule has 1 unspecified atom stereocenters. The minimum absolute atomic E-state index is 0.344. The summed E-state index contributed by atoms with van der Waals surface area (Å²) in [5.41, 5.74) is 4.84. The van der Waals surface area contributed by atoms with Gasteiger partial charge in [0, 0.05) is 6.42 Å². The van der Waals surface area contributed by atoms with Crippen molar-refractivity contribution in [3.63, 3.8) is 0 Å². The first-order valence-corrected chi connectivity index (χ1v) is 3.33. The van der Waals surface area contributed by atoms with Crippen LogP contribution in [0.4, 0.5) is 0 Å². The van der Waals surface area contributed by atoms with Crippen molar-refractivity contribution >= 4 is 11.9 Å². The summed E-state index contributed by atoms with van der Waals surface area (Å²) >= 11 is 0. The predicted octanol–water partition coefficient (Wildman–Crippen LogP) is -0.768. The van der Waals surface area contributed by atoms with Crippen LogP contribution in [0.5, 0.6) is 0 Å². The van der Waals surface area contributed by atoms with Crippen molar-refractivity contribution < 1.29 is 19.5 Å². The van der Waals surface area contributed by atoms with E-state index in [1.54, 1.807) is 6.92 Å². The average molecular weight is 178 g/mol. The van der Waals surface area contributed by atoms with Crippen LogP contribution in [-0.2, 0) is 14.4 Å². The van der Waals surface area contributed by atoms with Crippen molar-refractivity contribution in [1.29, 1.82) is 0 Å². The van der Waals surface area contributed by atoms with E-state index in [9.17, 15) is 9.59 Å². The molecule has 0 aliphatic heterocycles. The maximum Gasteiger partial charge on any atom is 0.324 e. The molecule has 0 aliphatic carbocycles. The molecule has 1 atom stereocenters. The number of carbonyl (C=O) groups excluding carboxylic acids is 1. The number of carbonyl (C=O) groups is 2. The smallest absolute Gasteiger partial charge is 0.324 e. The second-order valence-corrected chi connectivity index (χ2v) is 1.97. The number of carboxylic acid groups (broad SMARTS) is 1. The summed E-state index contributed by atoms with van der Waals surface area (Å²) in [5, 5.41) is 7.87. The molecule has 0 saturated heterocycles. The van der Waals surface area contributed by atoms with Gasteiger partial charge < -0.3 is 15.7 Å². The molecular weight excluding hydrogens is 164 g/mol. The molecule has 0 amide bonds. The van der Waals surface area contributed by atoms with E-state index in [1.807, 2.05) is 0 Å². The van der Waals surface area contributed by atoms with Crippen LogP contribution in [0, 0.1) is 0 Å². The molecule has 6 heteroatoms. The highest BCUT2D eigenvalue weighted by molar-refractivity contribution is 5.72. The van der Waals surface area contributed by atoms with Gasteiger partial charge in [0.15, 0.2) is 0 Å². The number of hydrogen-bond donors (Lipinski definition) is 3. The zero-order valence-corrected chi connectivity index (χ0v) is 7.11. The minimum atomic E-state index is -0.963. The van der Waals surface area contributed by atoms with Crippen LogP contribution in [0.15, 0.2) is 0 Å². The fourth-order valence-corrected chi connectivity index (χ4v) is 0.0833. The molecule has 0 heterocycles. The molecule has 5 N–H and O–H groups in total. The topological polar surface area (TPSA) is 116 Å². The molecule has 0 spiro atoms. The van der Waals surface area contributed by atoms with Crippen LogP contribution in [0.2, 0.25) is 0 Å². The zero-order valence-electron chi connectivity index (χ0n) is 7.11. The normalized spacial score (nSPS) is 10.7. The Balaban J connectivity index is 0. The summed E-state index contributed by atoms with van der Waals surface area (Å²) in [4.78, 5) is 23.2. The third-order valence-electron chi connectivity index (χ3n) is 0.810. The van der Waals surface area contributed by atoms with Crippen LogP contribution >= 0.6 is 0 Å². The number of rotatable bonds is 2. The third-order valence-corrected chi connectivity index (χ3v) is 0.810. The molecule has 0 aromatic heterocycles. The molecule has 12 heavy (non-hydrogen) atoms. The molecule has 0 fully saturated rings. The van der Waals surface area contributed by atoms with E-state index >= 15 is 0 Å². The van der Waals surface area contributed by atoms with Gasteiger partial charge >= 0.3 is 11.9 Å². The lowest BCUT2D eigenvalue weighted by atomic mass is 10.4. The van der Waals surface area contributed by atoms with Crippen LogP contribution < -0.4 is 11.6 Å². The predicted molar refractivity (Wildman–Crippen MR) is 41.9 cm³/mol. The van der Waals surface area contributed by atoms with Crippen molar-refractivity contribution in [3.05, 3.63) is 0 Å². The van der Waals surface area contributed by atoms with E-state index in [-0.39, 0.29) is 5.97 Å². The van der Waals surface area contributed by atoms with E-state index in [0.717, 1.165) is 0 Å². The average Bonchev–Trinajstić information content (AvgIpc) is 2.04. The van der Waals surface area contributed by atoms with Gasteiger partial charge in [-0.1, -0.05) is 6.92 Å². The number of carboxylic acids is 1. The van der Waals surface area contributed by atoms with Crippen molar-refractivity contribution in [1.82, 2.24) is 0 Å². The van der Waals surface area contributed by atoms with Gasteiger partial charge in [0.25, 0.3) is 0 Å². The maximum absolute atomic E-state index is 9.83. The summed E-state index contributed by atoms with van der Waals surface area (Å²) in [6.45, 7) is 3.09. The second-order valence-electron chi connectivity index (χ2n) is 1.97. The molecule has 6 nitrogen and oxygen atoms in total. The molecule has 72 valence electrons. The van der Waals surface area contributed by atoms with Crippen LogP contribution in [0.3, 0.4) is 0 Å². The maximum atomic E-state index is 9.83. The Morgan fingerprint density at radius 3 is 1.92 bits per heavy atom. The van der Waals surface area contributed by atoms with Crippen molar-refractivity contribution in [2.75, 3.05) is 0 Å². The summed E-state index contributed by atoms with van der Waals surface area (Å²) < 4.78 is 0. The van der Waals surface area contributed by atoms with Crippen molar-refractivity contribution in [2.24, 2.45) is 11.6 Å². The van der Waals surface area contributed by atoms with Gasteiger partial charge in [-0.3, -0.25) is 9.59 Å². The first-order valence-electron chi connectivity index (χ1n) is 3.33. The molecule has 0 saturated carbocycles. The van der Waals surface area contributed by atoms with E-state index in [4.69, 9.17) is 10.8 Å². The molecule has 0 radical (unpaired) electrons. The lowest BCUT2D eigenvalue weighted by Crippen LogP contribution is -2.25. The number of nitrogens with two attached hydrogens (primary N) is 2. The van der Waals surface area contributed by atoms with Crippen molar-refractivity contribution in [3.8, 4) is 0 Å². The highest BCUT2D eigenvalue weighted by Crippen LogP contribution is 1.73. The fraction of sp³-hybridized carbons (Fsp3) is 0.667. The van der Waals surface area contributed by atoms with E-state index in [1.165, 1.54) is 6.92 Å². The Kier molecular flexibility index (Phi) is 8.92. The van der Waals surface area contributed by atoms with Crippen molar-refractivity contribution in [2.45, 2.75) is 26.3 Å². The zero-order chi connectivity index (χ0) is 10.1. The molecule has 0 aliphatic rings. The monoisotopic (exact) mass is 178 g/mol. The SMILES string of the molecule is CC(N)C(=O)O.CCC(=O)ON. The van der Waals surface area contributed by atoms with Crippen LogP contribution in [-0.4, -0.2) is 23.1 Å². The fourth-order valence-electron chi connectivity index (χ4n) is 0.0833. The standard InChI is InChI=1S/2C3H7NO2/c1-2-3(5)6-4;1-2(4)3(5)6/h2,4H2,1H3;2H,4H2,1H3,(H,5,6). The Hall–Kier alpha value is -1.14. The van der Waals surface area contributed by atoms with E-state index < -0.39 is 12.0 Å². The van der Waals surface area contributed by atoms with Crippen LogP contribution in [0.25, 0.3) is 0 Å². The highest BCUT2D eigenvalue weighted by atomic mass is 16.7. The van der Waals surface area contributed by atoms with Gasteiger partial charge in [-0.25, -0.2) is 0 Å². The van der Waals surface area contributed by atoms with Gasteiger partial charge in [-0.05, 0) is 6.92 Å². The Morgan fingerprint density at radius 2 is 1.92 bits per heavy atom. The number of aliphatic carboxylic acids is 1.